The molecule has 2 unspecified atom stereocenters. The number of aromatic nitrogens is 1. The number of anilines is 1. The van der Waals surface area contributed by atoms with Crippen molar-refractivity contribution >= 4 is 22.6 Å². The van der Waals surface area contributed by atoms with Crippen LogP contribution in [0.4, 0.5) is 5.82 Å². The highest BCUT2D eigenvalue weighted by atomic mass is 16.5. The Labute approximate surface area is 153 Å². The summed E-state index contributed by atoms with van der Waals surface area (Å²) in [7, 11) is 1.68. The van der Waals surface area contributed by atoms with Crippen LogP contribution >= 0.6 is 0 Å². The first-order valence-electron chi connectivity index (χ1n) is 9.24. The van der Waals surface area contributed by atoms with Crippen LogP contribution in [0.25, 0.3) is 10.9 Å². The first-order valence-corrected chi connectivity index (χ1v) is 9.24. The molecule has 1 aliphatic heterocycles. The summed E-state index contributed by atoms with van der Waals surface area (Å²) >= 11 is 0. The minimum Gasteiger partial charge on any atom is -0.382 e. The van der Waals surface area contributed by atoms with Gasteiger partial charge in [-0.25, -0.2) is 4.98 Å². The summed E-state index contributed by atoms with van der Waals surface area (Å²) in [6.45, 7) is 4.04. The molecule has 6 heteroatoms. The lowest BCUT2D eigenvalue weighted by Crippen LogP contribution is -2.48. The number of amides is 1. The van der Waals surface area contributed by atoms with Crippen molar-refractivity contribution in [2.75, 3.05) is 31.7 Å². The molecule has 1 aromatic heterocycles. The molecule has 2 fully saturated rings. The van der Waals surface area contributed by atoms with Gasteiger partial charge >= 0.3 is 0 Å². The standard InChI is InChI=1S/C20H25N3O3/c1-13-10-23(11-15(26-13)12-25-2)19-9-17(20(24)21-14-7-8-14)16-5-3-4-6-18(16)22-19/h3-6,9,13-15H,7-8,10-12H2,1-2H3,(H,21,24). The number of carbonyl (C=O) groups excluding carboxylic acids is 1. The van der Waals surface area contributed by atoms with Crippen LogP contribution in [0.15, 0.2) is 30.3 Å². The highest BCUT2D eigenvalue weighted by Crippen LogP contribution is 2.27. The number of rotatable bonds is 5. The van der Waals surface area contributed by atoms with Crippen LogP contribution in [-0.2, 0) is 9.47 Å². The van der Waals surface area contributed by atoms with E-state index in [2.05, 4.69) is 17.1 Å². The van der Waals surface area contributed by atoms with Crippen LogP contribution in [0, 0.1) is 0 Å². The third-order valence-corrected chi connectivity index (χ3v) is 4.86. The van der Waals surface area contributed by atoms with E-state index in [0.717, 1.165) is 36.1 Å². The Bertz CT molecular complexity index is 806. The number of carbonyl (C=O) groups is 1. The third kappa shape index (κ3) is 3.66. The predicted octanol–water partition coefficient (Wildman–Crippen LogP) is 2.37. The second-order valence-electron chi connectivity index (χ2n) is 7.22. The maximum atomic E-state index is 12.8. The van der Waals surface area contributed by atoms with Gasteiger partial charge in [-0.1, -0.05) is 18.2 Å². The number of benzene rings is 1. The number of para-hydroxylation sites is 1. The summed E-state index contributed by atoms with van der Waals surface area (Å²) in [5.74, 6) is 0.808. The quantitative estimate of drug-likeness (QED) is 0.892. The van der Waals surface area contributed by atoms with Gasteiger partial charge in [-0.15, -0.1) is 0 Å². The zero-order chi connectivity index (χ0) is 18.1. The number of ether oxygens (including phenoxy) is 2. The fraction of sp³-hybridized carbons (Fsp3) is 0.500. The van der Waals surface area contributed by atoms with E-state index in [1.165, 1.54) is 0 Å². The minimum atomic E-state index is -0.0119. The molecule has 26 heavy (non-hydrogen) atoms. The Balaban J connectivity index is 1.69. The van der Waals surface area contributed by atoms with Gasteiger partial charge in [0.15, 0.2) is 0 Å². The molecule has 1 saturated heterocycles. The van der Waals surface area contributed by atoms with Gasteiger partial charge in [-0.2, -0.15) is 0 Å². The van der Waals surface area contributed by atoms with E-state index in [1.54, 1.807) is 7.11 Å². The number of fused-ring (bicyclic) bond motifs is 1. The highest BCUT2D eigenvalue weighted by molar-refractivity contribution is 6.07. The van der Waals surface area contributed by atoms with Gasteiger partial charge in [0.2, 0.25) is 0 Å². The third-order valence-electron chi connectivity index (χ3n) is 4.86. The maximum absolute atomic E-state index is 12.8. The minimum absolute atomic E-state index is 0.000704. The van der Waals surface area contributed by atoms with Crippen LogP contribution in [-0.4, -0.2) is 55.9 Å². The molecule has 0 spiro atoms. The zero-order valence-electron chi connectivity index (χ0n) is 15.3. The Kier molecular flexibility index (Phi) is 4.78. The second kappa shape index (κ2) is 7.21. The van der Waals surface area contributed by atoms with Gasteiger partial charge < -0.3 is 19.7 Å². The monoisotopic (exact) mass is 355 g/mol. The Morgan fingerprint density at radius 1 is 1.35 bits per heavy atom. The average molecular weight is 355 g/mol. The van der Waals surface area contributed by atoms with E-state index < -0.39 is 0 Å². The van der Waals surface area contributed by atoms with Crippen molar-refractivity contribution < 1.29 is 14.3 Å². The lowest BCUT2D eigenvalue weighted by Gasteiger charge is -2.37. The molecule has 4 rings (SSSR count). The molecule has 1 aliphatic carbocycles. The number of methoxy groups -OCH3 is 1. The number of hydrogen-bond donors (Lipinski definition) is 1. The van der Waals surface area contributed by atoms with Crippen LogP contribution < -0.4 is 10.2 Å². The van der Waals surface area contributed by atoms with Crippen molar-refractivity contribution in [3.63, 3.8) is 0 Å². The largest absolute Gasteiger partial charge is 0.382 e. The molecule has 1 saturated carbocycles. The van der Waals surface area contributed by atoms with Crippen LogP contribution in [0.1, 0.15) is 30.1 Å². The molecule has 2 aliphatic rings. The zero-order valence-corrected chi connectivity index (χ0v) is 15.3. The topological polar surface area (TPSA) is 63.7 Å². The van der Waals surface area contributed by atoms with Crippen molar-refractivity contribution in [1.29, 1.82) is 0 Å². The second-order valence-corrected chi connectivity index (χ2v) is 7.22. The first kappa shape index (κ1) is 17.2. The molecule has 138 valence electrons. The van der Waals surface area contributed by atoms with Gasteiger partial charge in [0.1, 0.15) is 5.82 Å². The molecule has 0 radical (unpaired) electrons. The number of nitrogens with zero attached hydrogens (tertiary/aromatic N) is 2. The summed E-state index contributed by atoms with van der Waals surface area (Å²) in [5.41, 5.74) is 1.54. The Morgan fingerprint density at radius 2 is 2.15 bits per heavy atom. The fourth-order valence-corrected chi connectivity index (χ4v) is 3.51. The van der Waals surface area contributed by atoms with Gasteiger partial charge in [0.25, 0.3) is 5.91 Å². The normalized spacial score (nSPS) is 23.2. The number of morpholine rings is 1. The highest BCUT2D eigenvalue weighted by Gasteiger charge is 2.28. The number of pyridine rings is 1. The molecule has 1 amide bonds. The molecule has 2 aromatic rings. The average Bonchev–Trinajstić information content (AvgIpc) is 3.44. The van der Waals surface area contributed by atoms with Crippen molar-refractivity contribution in [2.24, 2.45) is 0 Å². The molecule has 2 heterocycles. The molecule has 1 aromatic carbocycles. The van der Waals surface area contributed by atoms with Gasteiger partial charge in [-0.3, -0.25) is 4.79 Å². The summed E-state index contributed by atoms with van der Waals surface area (Å²) in [5, 5.41) is 3.99. The van der Waals surface area contributed by atoms with Crippen molar-refractivity contribution in [3.05, 3.63) is 35.9 Å². The van der Waals surface area contributed by atoms with E-state index in [1.807, 2.05) is 30.3 Å². The molecule has 2 atom stereocenters. The van der Waals surface area contributed by atoms with Crippen molar-refractivity contribution in [3.8, 4) is 0 Å². The molecule has 1 N–H and O–H groups in total. The van der Waals surface area contributed by atoms with E-state index >= 15 is 0 Å². The molecule has 6 nitrogen and oxygen atoms in total. The van der Waals surface area contributed by atoms with Crippen LogP contribution in [0.2, 0.25) is 0 Å². The summed E-state index contributed by atoms with van der Waals surface area (Å²) in [4.78, 5) is 19.8. The van der Waals surface area contributed by atoms with E-state index in [9.17, 15) is 4.79 Å². The van der Waals surface area contributed by atoms with E-state index in [4.69, 9.17) is 14.5 Å². The van der Waals surface area contributed by atoms with Crippen LogP contribution in [0.3, 0.4) is 0 Å². The predicted molar refractivity (Wildman–Crippen MR) is 101 cm³/mol. The summed E-state index contributed by atoms with van der Waals surface area (Å²) in [6.07, 6.45) is 2.23. The van der Waals surface area contributed by atoms with Gasteiger partial charge in [0.05, 0.1) is 29.9 Å². The molecular weight excluding hydrogens is 330 g/mol. The lowest BCUT2D eigenvalue weighted by molar-refractivity contribution is -0.0512. The number of nitrogens with one attached hydrogen (secondary N) is 1. The maximum Gasteiger partial charge on any atom is 0.252 e. The first-order chi connectivity index (χ1) is 12.6. The van der Waals surface area contributed by atoms with Gasteiger partial charge in [-0.05, 0) is 31.9 Å². The van der Waals surface area contributed by atoms with Crippen molar-refractivity contribution in [1.82, 2.24) is 10.3 Å². The Hall–Kier alpha value is -2.18. The summed E-state index contributed by atoms with van der Waals surface area (Å²) in [6, 6.07) is 10.1. The lowest BCUT2D eigenvalue weighted by atomic mass is 10.1. The van der Waals surface area contributed by atoms with E-state index in [0.29, 0.717) is 24.8 Å². The van der Waals surface area contributed by atoms with Crippen LogP contribution in [0.5, 0.6) is 0 Å². The fourth-order valence-electron chi connectivity index (χ4n) is 3.51. The molecular formula is C20H25N3O3. The van der Waals surface area contributed by atoms with E-state index in [-0.39, 0.29) is 18.1 Å². The van der Waals surface area contributed by atoms with Gasteiger partial charge in [0, 0.05) is 31.6 Å². The van der Waals surface area contributed by atoms with Crippen molar-refractivity contribution in [2.45, 2.75) is 38.0 Å². The SMILES string of the molecule is COCC1CN(c2cc(C(=O)NC3CC3)c3ccccc3n2)CC(C)O1. The number of hydrogen-bond acceptors (Lipinski definition) is 5. The molecule has 0 bridgehead atoms. The smallest absolute Gasteiger partial charge is 0.252 e. The summed E-state index contributed by atoms with van der Waals surface area (Å²) < 4.78 is 11.2. The Morgan fingerprint density at radius 3 is 2.92 bits per heavy atom.